The number of rotatable bonds is 8. The van der Waals surface area contributed by atoms with Gasteiger partial charge in [-0.2, -0.15) is 0 Å². The molecule has 2 aromatic carbocycles. The molecule has 2 heterocycles. The number of benzene rings is 2. The first kappa shape index (κ1) is 24.1. The van der Waals surface area contributed by atoms with E-state index >= 15 is 0 Å². The number of amides is 1. The molecule has 0 bridgehead atoms. The van der Waals surface area contributed by atoms with Crippen molar-refractivity contribution in [1.29, 1.82) is 0 Å². The lowest BCUT2D eigenvalue weighted by Crippen LogP contribution is -2.51. The summed E-state index contributed by atoms with van der Waals surface area (Å²) in [6, 6.07) is 15.2. The lowest BCUT2D eigenvalue weighted by molar-refractivity contribution is -0.151. The highest BCUT2D eigenvalue weighted by Crippen LogP contribution is 2.23. The number of pyridine rings is 1. The summed E-state index contributed by atoms with van der Waals surface area (Å²) in [6.45, 7) is 7.24. The molecule has 1 fully saturated rings. The zero-order valence-electron chi connectivity index (χ0n) is 20.0. The van der Waals surface area contributed by atoms with Crippen LogP contribution in [0, 0.1) is 11.7 Å². The van der Waals surface area contributed by atoms with Gasteiger partial charge in [-0.1, -0.05) is 38.1 Å². The molecular weight excluding hydrogens is 433 g/mol. The molecule has 0 spiro atoms. The number of hydrogen-bond donors (Lipinski definition) is 0. The zero-order chi connectivity index (χ0) is 24.1. The molecule has 0 N–H and O–H groups in total. The summed E-state index contributed by atoms with van der Waals surface area (Å²) in [6.07, 6.45) is 1.20. The van der Waals surface area contributed by atoms with Gasteiger partial charge in [0.1, 0.15) is 6.10 Å². The molecular formula is C27H32FN3O3. The molecule has 180 valence electrons. The van der Waals surface area contributed by atoms with E-state index in [0.717, 1.165) is 16.5 Å². The third-order valence-electron chi connectivity index (χ3n) is 6.02. The quantitative estimate of drug-likeness (QED) is 0.497. The Morgan fingerprint density at radius 2 is 2.12 bits per heavy atom. The van der Waals surface area contributed by atoms with Crippen LogP contribution in [0.5, 0.6) is 5.75 Å². The van der Waals surface area contributed by atoms with Crippen LogP contribution in [0.3, 0.4) is 0 Å². The fraction of sp³-hybridized carbons (Fsp3) is 0.407. The number of methoxy groups -OCH3 is 1. The van der Waals surface area contributed by atoms with E-state index in [0.29, 0.717) is 50.8 Å². The first-order valence-corrected chi connectivity index (χ1v) is 11.7. The van der Waals surface area contributed by atoms with Crippen molar-refractivity contribution in [2.24, 2.45) is 5.92 Å². The molecule has 3 aromatic rings. The van der Waals surface area contributed by atoms with E-state index in [9.17, 15) is 9.18 Å². The third-order valence-corrected chi connectivity index (χ3v) is 6.02. The maximum Gasteiger partial charge on any atom is 0.253 e. The highest BCUT2D eigenvalue weighted by atomic mass is 19.1. The van der Waals surface area contributed by atoms with Gasteiger partial charge in [0.15, 0.2) is 11.6 Å². The summed E-state index contributed by atoms with van der Waals surface area (Å²) < 4.78 is 25.6. The average Bonchev–Trinajstić information content (AvgIpc) is 2.84. The Bertz CT molecular complexity index is 1140. The van der Waals surface area contributed by atoms with Gasteiger partial charge in [-0.15, -0.1) is 0 Å². The average molecular weight is 466 g/mol. The second-order valence-electron chi connectivity index (χ2n) is 9.17. The highest BCUT2D eigenvalue weighted by molar-refractivity contribution is 5.82. The number of fused-ring (bicyclic) bond motifs is 1. The normalized spacial score (nSPS) is 16.7. The molecule has 7 heteroatoms. The maximum atomic E-state index is 14.6. The van der Waals surface area contributed by atoms with Gasteiger partial charge in [0.25, 0.3) is 5.91 Å². The molecule has 1 aromatic heterocycles. The Labute approximate surface area is 200 Å². The topological polar surface area (TPSA) is 54.9 Å². The van der Waals surface area contributed by atoms with E-state index in [4.69, 9.17) is 9.47 Å². The van der Waals surface area contributed by atoms with Gasteiger partial charge >= 0.3 is 0 Å². The summed E-state index contributed by atoms with van der Waals surface area (Å²) in [5, 5.41) is 1.05. The Kier molecular flexibility index (Phi) is 7.75. The number of halogens is 1. The van der Waals surface area contributed by atoms with E-state index in [2.05, 4.69) is 29.8 Å². The first-order valence-electron chi connectivity index (χ1n) is 11.7. The molecule has 1 aliphatic heterocycles. The number of ether oxygens (including phenoxy) is 2. The van der Waals surface area contributed by atoms with Crippen LogP contribution in [0.15, 0.2) is 54.7 Å². The van der Waals surface area contributed by atoms with Crippen LogP contribution in [-0.4, -0.2) is 60.1 Å². The summed E-state index contributed by atoms with van der Waals surface area (Å²) in [7, 11) is 1.46. The second kappa shape index (κ2) is 10.9. The minimum atomic E-state index is -0.580. The van der Waals surface area contributed by atoms with Gasteiger partial charge in [0, 0.05) is 49.9 Å². The van der Waals surface area contributed by atoms with E-state index in [1.165, 1.54) is 7.11 Å². The molecule has 0 saturated carbocycles. The smallest absolute Gasteiger partial charge is 0.253 e. The lowest BCUT2D eigenvalue weighted by Gasteiger charge is -2.35. The minimum Gasteiger partial charge on any atom is -0.494 e. The van der Waals surface area contributed by atoms with E-state index < -0.39 is 6.10 Å². The Morgan fingerprint density at radius 3 is 2.91 bits per heavy atom. The van der Waals surface area contributed by atoms with Crippen molar-refractivity contribution in [2.75, 3.05) is 33.4 Å². The van der Waals surface area contributed by atoms with Crippen LogP contribution in [-0.2, 0) is 22.6 Å². The maximum absolute atomic E-state index is 14.6. The SMILES string of the molecule is COc1cccc(CN2CCO[C@@H](C(=O)N(Cc3ccc4ncccc4c3)CC(C)C)C2)c1F. The predicted molar refractivity (Wildman–Crippen MR) is 130 cm³/mol. The number of hydrogen-bond acceptors (Lipinski definition) is 5. The van der Waals surface area contributed by atoms with Crippen molar-refractivity contribution < 1.29 is 18.7 Å². The largest absolute Gasteiger partial charge is 0.494 e. The highest BCUT2D eigenvalue weighted by Gasteiger charge is 2.31. The fourth-order valence-corrected chi connectivity index (χ4v) is 4.39. The van der Waals surface area contributed by atoms with Crippen LogP contribution in [0.2, 0.25) is 0 Å². The van der Waals surface area contributed by atoms with Crippen molar-refractivity contribution in [1.82, 2.24) is 14.8 Å². The van der Waals surface area contributed by atoms with Gasteiger partial charge < -0.3 is 14.4 Å². The van der Waals surface area contributed by atoms with E-state index in [-0.39, 0.29) is 17.5 Å². The van der Waals surface area contributed by atoms with Crippen molar-refractivity contribution in [3.63, 3.8) is 0 Å². The van der Waals surface area contributed by atoms with Crippen LogP contribution in [0.1, 0.15) is 25.0 Å². The number of carbonyl (C=O) groups excluding carboxylic acids is 1. The Hall–Kier alpha value is -3.03. The molecule has 0 unspecified atom stereocenters. The van der Waals surface area contributed by atoms with Gasteiger partial charge in [0.2, 0.25) is 0 Å². The molecule has 1 amide bonds. The van der Waals surface area contributed by atoms with Crippen molar-refractivity contribution >= 4 is 16.8 Å². The van der Waals surface area contributed by atoms with Crippen molar-refractivity contribution in [2.45, 2.75) is 33.0 Å². The fourth-order valence-electron chi connectivity index (χ4n) is 4.39. The summed E-state index contributed by atoms with van der Waals surface area (Å²) in [5.41, 5.74) is 2.54. The van der Waals surface area contributed by atoms with E-state index in [1.807, 2.05) is 29.2 Å². The Balaban J connectivity index is 1.47. The molecule has 1 atom stereocenters. The number of carbonyl (C=O) groups is 1. The third kappa shape index (κ3) is 5.72. The van der Waals surface area contributed by atoms with Gasteiger partial charge in [-0.05, 0) is 35.7 Å². The first-order chi connectivity index (χ1) is 16.4. The van der Waals surface area contributed by atoms with Crippen molar-refractivity contribution in [3.8, 4) is 5.75 Å². The summed E-state index contributed by atoms with van der Waals surface area (Å²) in [4.78, 5) is 21.9. The van der Waals surface area contributed by atoms with Crippen LogP contribution >= 0.6 is 0 Å². The summed E-state index contributed by atoms with van der Waals surface area (Å²) >= 11 is 0. The molecule has 4 rings (SSSR count). The molecule has 34 heavy (non-hydrogen) atoms. The number of aromatic nitrogens is 1. The molecule has 6 nitrogen and oxygen atoms in total. The van der Waals surface area contributed by atoms with Crippen LogP contribution in [0.25, 0.3) is 10.9 Å². The minimum absolute atomic E-state index is 0.0317. The Morgan fingerprint density at radius 1 is 1.26 bits per heavy atom. The zero-order valence-corrected chi connectivity index (χ0v) is 20.0. The van der Waals surface area contributed by atoms with Crippen molar-refractivity contribution in [3.05, 3.63) is 71.7 Å². The molecule has 0 radical (unpaired) electrons. The van der Waals surface area contributed by atoms with E-state index in [1.54, 1.807) is 24.4 Å². The van der Waals surface area contributed by atoms with Crippen LogP contribution < -0.4 is 4.74 Å². The molecule has 0 aliphatic carbocycles. The molecule has 1 saturated heterocycles. The van der Waals surface area contributed by atoms with Gasteiger partial charge in [-0.25, -0.2) is 4.39 Å². The monoisotopic (exact) mass is 465 g/mol. The second-order valence-corrected chi connectivity index (χ2v) is 9.17. The predicted octanol–water partition coefficient (Wildman–Crippen LogP) is 4.27. The molecule has 1 aliphatic rings. The summed E-state index contributed by atoms with van der Waals surface area (Å²) in [5.74, 6) is 0.158. The van der Waals surface area contributed by atoms with Gasteiger partial charge in [0.05, 0.1) is 19.2 Å². The lowest BCUT2D eigenvalue weighted by atomic mass is 10.1. The number of morpholine rings is 1. The van der Waals surface area contributed by atoms with Gasteiger partial charge in [-0.3, -0.25) is 14.7 Å². The standard InChI is InChI=1S/C27H32FN3O3/c1-19(2)15-31(16-20-9-10-23-21(14-20)7-5-11-29-23)27(32)25-18-30(12-13-34-25)17-22-6-4-8-24(33-3)26(22)28/h4-11,14,19,25H,12-13,15-18H2,1-3H3/t25-/m1/s1. The van der Waals surface area contributed by atoms with Crippen LogP contribution in [0.4, 0.5) is 4.39 Å². The number of nitrogens with zero attached hydrogens (tertiary/aromatic N) is 3.